The van der Waals surface area contributed by atoms with Gasteiger partial charge in [0.25, 0.3) is 0 Å². The summed E-state index contributed by atoms with van der Waals surface area (Å²) in [7, 11) is 0. The van der Waals surface area contributed by atoms with E-state index in [4.69, 9.17) is 0 Å². The van der Waals surface area contributed by atoms with Crippen molar-refractivity contribution in [1.82, 2.24) is 0 Å². The minimum Gasteiger partial charge on any atom is -0.299 e. The second kappa shape index (κ2) is 6.73. The highest BCUT2D eigenvalue weighted by molar-refractivity contribution is 5.81. The van der Waals surface area contributed by atoms with Crippen molar-refractivity contribution in [3.05, 3.63) is 0 Å². The SMILES string of the molecule is CCC(CC)CC(=O)C1CCC(C(C)(C)C)CC1. The van der Waals surface area contributed by atoms with E-state index in [1.165, 1.54) is 12.8 Å². The van der Waals surface area contributed by atoms with Crippen molar-refractivity contribution in [2.24, 2.45) is 23.2 Å². The molecule has 1 heteroatoms. The minimum atomic E-state index is 0.379. The highest BCUT2D eigenvalue weighted by Gasteiger charge is 2.32. The fourth-order valence-electron chi connectivity index (χ4n) is 3.31. The van der Waals surface area contributed by atoms with E-state index in [9.17, 15) is 4.79 Å². The average Bonchev–Trinajstić information content (AvgIpc) is 2.34. The van der Waals surface area contributed by atoms with Crippen LogP contribution in [0.3, 0.4) is 0 Å². The molecule has 0 unspecified atom stereocenters. The van der Waals surface area contributed by atoms with Gasteiger partial charge in [0.2, 0.25) is 0 Å². The molecule has 0 atom stereocenters. The zero-order valence-corrected chi connectivity index (χ0v) is 13.1. The van der Waals surface area contributed by atoms with E-state index in [2.05, 4.69) is 34.6 Å². The van der Waals surface area contributed by atoms with Gasteiger partial charge in [-0.25, -0.2) is 0 Å². The molecule has 1 nitrogen and oxygen atoms in total. The lowest BCUT2D eigenvalue weighted by Gasteiger charge is -2.36. The Hall–Kier alpha value is -0.330. The van der Waals surface area contributed by atoms with E-state index in [1.807, 2.05) is 0 Å². The first-order valence-electron chi connectivity index (χ1n) is 7.91. The Kier molecular flexibility index (Phi) is 5.88. The smallest absolute Gasteiger partial charge is 0.136 e. The molecule has 0 radical (unpaired) electrons. The van der Waals surface area contributed by atoms with Crippen LogP contribution in [0.4, 0.5) is 0 Å². The molecule has 0 aromatic carbocycles. The summed E-state index contributed by atoms with van der Waals surface area (Å²) in [6, 6.07) is 0. The van der Waals surface area contributed by atoms with Crippen LogP contribution in [0.25, 0.3) is 0 Å². The summed E-state index contributed by atoms with van der Waals surface area (Å²) in [4.78, 5) is 12.3. The zero-order valence-electron chi connectivity index (χ0n) is 13.1. The molecule has 0 aliphatic heterocycles. The van der Waals surface area contributed by atoms with E-state index < -0.39 is 0 Å². The van der Waals surface area contributed by atoms with Crippen molar-refractivity contribution in [2.45, 2.75) is 79.6 Å². The Bertz CT molecular complexity index is 249. The van der Waals surface area contributed by atoms with Gasteiger partial charge in [-0.3, -0.25) is 4.79 Å². The first-order valence-corrected chi connectivity index (χ1v) is 7.91. The molecule has 0 amide bonds. The molecule has 0 bridgehead atoms. The van der Waals surface area contributed by atoms with E-state index in [-0.39, 0.29) is 0 Å². The summed E-state index contributed by atoms with van der Waals surface area (Å²) in [6.07, 6.45) is 7.92. The van der Waals surface area contributed by atoms with Gasteiger partial charge < -0.3 is 0 Å². The lowest BCUT2D eigenvalue weighted by Crippen LogP contribution is -2.29. The number of carbonyl (C=O) groups is 1. The molecular formula is C17H32O. The molecule has 0 aromatic heterocycles. The van der Waals surface area contributed by atoms with Crippen molar-refractivity contribution >= 4 is 5.78 Å². The third-order valence-electron chi connectivity index (χ3n) is 5.05. The van der Waals surface area contributed by atoms with E-state index in [1.54, 1.807) is 0 Å². The Morgan fingerprint density at radius 1 is 1.06 bits per heavy atom. The predicted octanol–water partition coefficient (Wildman–Crippen LogP) is 5.23. The van der Waals surface area contributed by atoms with Gasteiger partial charge in [-0.05, 0) is 42.9 Å². The number of ketones is 1. The standard InChI is InChI=1S/C17H32O/c1-6-13(7-2)12-16(18)14-8-10-15(11-9-14)17(3,4)5/h13-15H,6-12H2,1-5H3. The number of rotatable bonds is 5. The fraction of sp³-hybridized carbons (Fsp3) is 0.941. The minimum absolute atomic E-state index is 0.379. The number of hydrogen-bond acceptors (Lipinski definition) is 1. The summed E-state index contributed by atoms with van der Waals surface area (Å²) in [5.74, 6) is 2.37. The molecule has 1 saturated carbocycles. The molecule has 0 N–H and O–H groups in total. The first kappa shape index (κ1) is 15.7. The van der Waals surface area contributed by atoms with Gasteiger partial charge >= 0.3 is 0 Å². The molecule has 1 aliphatic carbocycles. The van der Waals surface area contributed by atoms with Crippen LogP contribution in [-0.4, -0.2) is 5.78 Å². The van der Waals surface area contributed by atoms with Gasteiger partial charge in [0, 0.05) is 12.3 Å². The van der Waals surface area contributed by atoms with Crippen LogP contribution in [0.5, 0.6) is 0 Å². The third-order valence-corrected chi connectivity index (χ3v) is 5.05. The maximum absolute atomic E-state index is 12.3. The maximum atomic E-state index is 12.3. The molecule has 0 heterocycles. The molecule has 1 fully saturated rings. The average molecular weight is 252 g/mol. The van der Waals surface area contributed by atoms with Crippen molar-refractivity contribution in [2.75, 3.05) is 0 Å². The molecule has 1 rings (SSSR count). The lowest BCUT2D eigenvalue weighted by molar-refractivity contribution is -0.125. The summed E-state index contributed by atoms with van der Waals surface area (Å²) in [5, 5.41) is 0. The molecule has 0 aromatic rings. The fourth-order valence-corrected chi connectivity index (χ4v) is 3.31. The Morgan fingerprint density at radius 3 is 1.94 bits per heavy atom. The van der Waals surface area contributed by atoms with Crippen molar-refractivity contribution < 1.29 is 4.79 Å². The molecule has 1 aliphatic rings. The van der Waals surface area contributed by atoms with Crippen LogP contribution in [0.2, 0.25) is 0 Å². The van der Waals surface area contributed by atoms with Crippen LogP contribution < -0.4 is 0 Å². The number of Topliss-reactive ketones (excluding diaryl/α,β-unsaturated/α-hetero) is 1. The quantitative estimate of drug-likeness (QED) is 0.654. The highest BCUT2D eigenvalue weighted by atomic mass is 16.1. The summed E-state index contributed by atoms with van der Waals surface area (Å²) in [5.41, 5.74) is 0.420. The maximum Gasteiger partial charge on any atom is 0.136 e. The highest BCUT2D eigenvalue weighted by Crippen LogP contribution is 2.40. The van der Waals surface area contributed by atoms with Crippen LogP contribution in [0, 0.1) is 23.2 Å². The van der Waals surface area contributed by atoms with Gasteiger partial charge in [0.15, 0.2) is 0 Å². The zero-order chi connectivity index (χ0) is 13.8. The molecule has 106 valence electrons. The van der Waals surface area contributed by atoms with Gasteiger partial charge in [-0.15, -0.1) is 0 Å². The van der Waals surface area contributed by atoms with Crippen LogP contribution in [-0.2, 0) is 4.79 Å². The van der Waals surface area contributed by atoms with E-state index in [0.717, 1.165) is 38.0 Å². The Labute approximate surface area is 114 Å². The summed E-state index contributed by atoms with van der Waals surface area (Å²) in [6.45, 7) is 11.4. The second-order valence-corrected chi connectivity index (χ2v) is 7.27. The van der Waals surface area contributed by atoms with Crippen molar-refractivity contribution in [3.8, 4) is 0 Å². The number of carbonyl (C=O) groups excluding carboxylic acids is 1. The number of hydrogen-bond donors (Lipinski definition) is 0. The topological polar surface area (TPSA) is 17.1 Å². The largest absolute Gasteiger partial charge is 0.299 e. The summed E-state index contributed by atoms with van der Waals surface area (Å²) >= 11 is 0. The predicted molar refractivity (Wildman–Crippen MR) is 78.6 cm³/mol. The van der Waals surface area contributed by atoms with Crippen LogP contribution >= 0.6 is 0 Å². The Balaban J connectivity index is 2.41. The molecular weight excluding hydrogens is 220 g/mol. The Morgan fingerprint density at radius 2 is 1.56 bits per heavy atom. The van der Waals surface area contributed by atoms with Gasteiger partial charge in [0.1, 0.15) is 5.78 Å². The van der Waals surface area contributed by atoms with Gasteiger partial charge in [0.05, 0.1) is 0 Å². The lowest BCUT2D eigenvalue weighted by atomic mass is 9.68. The van der Waals surface area contributed by atoms with Crippen LogP contribution in [0.1, 0.15) is 79.6 Å². The second-order valence-electron chi connectivity index (χ2n) is 7.27. The van der Waals surface area contributed by atoms with Gasteiger partial charge in [-0.1, -0.05) is 47.5 Å². The van der Waals surface area contributed by atoms with Crippen LogP contribution in [0.15, 0.2) is 0 Å². The van der Waals surface area contributed by atoms with E-state index >= 15 is 0 Å². The van der Waals surface area contributed by atoms with Crippen molar-refractivity contribution in [3.63, 3.8) is 0 Å². The third kappa shape index (κ3) is 4.40. The molecule has 0 spiro atoms. The molecule has 0 saturated heterocycles. The van der Waals surface area contributed by atoms with Gasteiger partial charge in [-0.2, -0.15) is 0 Å². The van der Waals surface area contributed by atoms with E-state index in [0.29, 0.717) is 23.0 Å². The van der Waals surface area contributed by atoms with Crippen molar-refractivity contribution in [1.29, 1.82) is 0 Å². The monoisotopic (exact) mass is 252 g/mol. The first-order chi connectivity index (χ1) is 8.38. The normalized spacial score (nSPS) is 25.4. The molecule has 18 heavy (non-hydrogen) atoms. The summed E-state index contributed by atoms with van der Waals surface area (Å²) < 4.78 is 0.